The molecule has 0 heterocycles. The zero-order valence-electron chi connectivity index (χ0n) is 16.2. The van der Waals surface area contributed by atoms with Crippen molar-refractivity contribution in [3.8, 4) is 0 Å². The van der Waals surface area contributed by atoms with Crippen LogP contribution in [0.3, 0.4) is 0 Å². The highest BCUT2D eigenvalue weighted by molar-refractivity contribution is 5.81. The zero-order valence-corrected chi connectivity index (χ0v) is 16.2. The van der Waals surface area contributed by atoms with Gasteiger partial charge < -0.3 is 14.4 Å². The summed E-state index contributed by atoms with van der Waals surface area (Å²) in [5.41, 5.74) is 0. The van der Waals surface area contributed by atoms with Crippen molar-refractivity contribution in [3.63, 3.8) is 0 Å². The first-order valence-corrected chi connectivity index (χ1v) is 8.64. The van der Waals surface area contributed by atoms with Crippen molar-refractivity contribution in [1.29, 1.82) is 0 Å². The second-order valence-corrected chi connectivity index (χ2v) is 6.86. The molecule has 1 atom stereocenters. The van der Waals surface area contributed by atoms with E-state index in [-0.39, 0.29) is 49.6 Å². The van der Waals surface area contributed by atoms with E-state index in [1.165, 1.54) is 18.7 Å². The van der Waals surface area contributed by atoms with Gasteiger partial charge in [0.05, 0.1) is 6.54 Å². The molecular weight excluding hydrogens is 326 g/mol. The molecule has 0 aromatic carbocycles. The molecule has 7 nitrogen and oxygen atoms in total. The molecule has 0 saturated carbocycles. The molecule has 0 spiro atoms. The molecule has 1 amide bonds. The van der Waals surface area contributed by atoms with Crippen LogP contribution in [-0.4, -0.2) is 54.3 Å². The van der Waals surface area contributed by atoms with E-state index in [4.69, 9.17) is 9.47 Å². The highest BCUT2D eigenvalue weighted by Crippen LogP contribution is 2.09. The van der Waals surface area contributed by atoms with Crippen molar-refractivity contribution < 1.29 is 28.7 Å². The molecule has 0 aliphatic heterocycles. The van der Waals surface area contributed by atoms with Crippen molar-refractivity contribution in [2.24, 2.45) is 11.8 Å². The molecular formula is C18H31NO6. The zero-order chi connectivity index (χ0) is 19.6. The minimum atomic E-state index is -0.760. The summed E-state index contributed by atoms with van der Waals surface area (Å²) in [6.45, 7) is 10.2. The fourth-order valence-electron chi connectivity index (χ4n) is 2.29. The van der Waals surface area contributed by atoms with Crippen LogP contribution in [0.15, 0.2) is 0 Å². The van der Waals surface area contributed by atoms with Gasteiger partial charge in [0.25, 0.3) is 0 Å². The molecule has 0 bridgehead atoms. The average Bonchev–Trinajstić information content (AvgIpc) is 2.46. The molecule has 0 fully saturated rings. The fourth-order valence-corrected chi connectivity index (χ4v) is 2.29. The largest absolute Gasteiger partial charge is 0.462 e. The van der Waals surface area contributed by atoms with Crippen LogP contribution in [0.4, 0.5) is 0 Å². The maximum Gasteiger partial charge on any atom is 0.303 e. The Morgan fingerprint density at radius 1 is 0.960 bits per heavy atom. The number of rotatable bonds is 11. The molecule has 7 heteroatoms. The molecule has 144 valence electrons. The van der Waals surface area contributed by atoms with E-state index < -0.39 is 18.0 Å². The molecule has 0 aromatic heterocycles. The van der Waals surface area contributed by atoms with E-state index >= 15 is 0 Å². The molecule has 0 aromatic rings. The Balaban J connectivity index is 4.96. The number of Topliss-reactive ketones (excluding diaryl/α,β-unsaturated/α-hetero) is 1. The summed E-state index contributed by atoms with van der Waals surface area (Å²) in [6.07, 6.45) is -0.0501. The summed E-state index contributed by atoms with van der Waals surface area (Å²) in [5.74, 6) is -1.07. The number of hydrogen-bond donors (Lipinski definition) is 0. The Morgan fingerprint density at radius 3 is 2.00 bits per heavy atom. The fraction of sp³-hybridized carbons (Fsp3) is 0.778. The van der Waals surface area contributed by atoms with Gasteiger partial charge in [-0.05, 0) is 5.92 Å². The summed E-state index contributed by atoms with van der Waals surface area (Å²) < 4.78 is 10.0. The van der Waals surface area contributed by atoms with E-state index in [0.29, 0.717) is 6.42 Å². The summed E-state index contributed by atoms with van der Waals surface area (Å²) >= 11 is 0. The second kappa shape index (κ2) is 11.6. The number of carbonyl (C=O) groups excluding carboxylic acids is 4. The maximum atomic E-state index is 12.4. The van der Waals surface area contributed by atoms with E-state index in [1.807, 2.05) is 13.8 Å². The van der Waals surface area contributed by atoms with Gasteiger partial charge in [0.1, 0.15) is 12.4 Å². The lowest BCUT2D eigenvalue weighted by atomic mass is 10.0. The van der Waals surface area contributed by atoms with Gasteiger partial charge in [-0.1, -0.05) is 27.7 Å². The number of ether oxygens (including phenoxy) is 2. The van der Waals surface area contributed by atoms with Crippen LogP contribution < -0.4 is 0 Å². The lowest BCUT2D eigenvalue weighted by Gasteiger charge is -2.28. The molecule has 0 saturated heterocycles. The third kappa shape index (κ3) is 11.3. The van der Waals surface area contributed by atoms with Gasteiger partial charge in [-0.2, -0.15) is 0 Å². The van der Waals surface area contributed by atoms with Crippen LogP contribution >= 0.6 is 0 Å². The van der Waals surface area contributed by atoms with Crippen molar-refractivity contribution >= 4 is 23.6 Å². The predicted molar refractivity (Wildman–Crippen MR) is 92.7 cm³/mol. The minimum absolute atomic E-state index is 0.0822. The standard InChI is InChI=1S/C18H31NO6/c1-12(2)9-16(22)7-8-19(18(23)13(3)4)10-17(25-15(6)21)11-24-14(5)20/h12-13,17H,7-11H2,1-6H3. The first-order valence-electron chi connectivity index (χ1n) is 8.64. The van der Waals surface area contributed by atoms with Gasteiger partial charge in [-0.3, -0.25) is 19.2 Å². The van der Waals surface area contributed by atoms with Crippen LogP contribution in [0, 0.1) is 11.8 Å². The first-order chi connectivity index (χ1) is 11.5. The van der Waals surface area contributed by atoms with Gasteiger partial charge in [0.2, 0.25) is 5.91 Å². The summed E-state index contributed by atoms with van der Waals surface area (Å²) in [7, 11) is 0. The molecule has 25 heavy (non-hydrogen) atoms. The van der Waals surface area contributed by atoms with Gasteiger partial charge >= 0.3 is 11.9 Å². The highest BCUT2D eigenvalue weighted by atomic mass is 16.6. The van der Waals surface area contributed by atoms with E-state index in [2.05, 4.69) is 0 Å². The number of amides is 1. The first kappa shape index (κ1) is 23.1. The number of hydrogen-bond acceptors (Lipinski definition) is 6. The Kier molecular flexibility index (Phi) is 10.7. The number of carbonyl (C=O) groups is 4. The Morgan fingerprint density at radius 2 is 1.56 bits per heavy atom. The van der Waals surface area contributed by atoms with E-state index in [0.717, 1.165) is 0 Å². The van der Waals surface area contributed by atoms with Crippen molar-refractivity contribution in [2.75, 3.05) is 19.7 Å². The number of ketones is 1. The van der Waals surface area contributed by atoms with Gasteiger partial charge in [-0.25, -0.2) is 0 Å². The van der Waals surface area contributed by atoms with Crippen molar-refractivity contribution in [3.05, 3.63) is 0 Å². The minimum Gasteiger partial charge on any atom is -0.462 e. The Bertz CT molecular complexity index is 472. The monoisotopic (exact) mass is 357 g/mol. The maximum absolute atomic E-state index is 12.4. The Hall–Kier alpha value is -1.92. The molecule has 1 unspecified atom stereocenters. The summed E-state index contributed by atoms with van der Waals surface area (Å²) in [6, 6.07) is 0. The number of nitrogens with zero attached hydrogens (tertiary/aromatic N) is 1. The molecule has 0 aliphatic rings. The lowest BCUT2D eigenvalue weighted by Crippen LogP contribution is -2.44. The third-order valence-electron chi connectivity index (χ3n) is 3.33. The Labute approximate surface area is 150 Å². The molecule has 0 radical (unpaired) electrons. The predicted octanol–water partition coefficient (Wildman–Crippen LogP) is 1.97. The van der Waals surface area contributed by atoms with Crippen LogP contribution in [0.2, 0.25) is 0 Å². The van der Waals surface area contributed by atoms with Crippen molar-refractivity contribution in [2.45, 2.75) is 60.5 Å². The van der Waals surface area contributed by atoms with Gasteiger partial charge in [0, 0.05) is 39.2 Å². The smallest absolute Gasteiger partial charge is 0.303 e. The van der Waals surface area contributed by atoms with Crippen LogP contribution in [0.5, 0.6) is 0 Å². The second-order valence-electron chi connectivity index (χ2n) is 6.86. The quantitative estimate of drug-likeness (QED) is 0.525. The lowest BCUT2D eigenvalue weighted by molar-refractivity contribution is -0.159. The summed E-state index contributed by atoms with van der Waals surface area (Å²) in [5, 5.41) is 0. The number of esters is 2. The third-order valence-corrected chi connectivity index (χ3v) is 3.33. The van der Waals surface area contributed by atoms with Crippen molar-refractivity contribution in [1.82, 2.24) is 4.90 Å². The van der Waals surface area contributed by atoms with Gasteiger partial charge in [-0.15, -0.1) is 0 Å². The average molecular weight is 357 g/mol. The SMILES string of the molecule is CC(=O)OCC(CN(CCC(=O)CC(C)C)C(=O)C(C)C)OC(C)=O. The van der Waals surface area contributed by atoms with Gasteiger partial charge in [0.15, 0.2) is 6.10 Å². The van der Waals surface area contributed by atoms with Crippen LogP contribution in [0.25, 0.3) is 0 Å². The van der Waals surface area contributed by atoms with E-state index in [9.17, 15) is 19.2 Å². The molecule has 0 rings (SSSR count). The highest BCUT2D eigenvalue weighted by Gasteiger charge is 2.24. The van der Waals surface area contributed by atoms with E-state index in [1.54, 1.807) is 13.8 Å². The van der Waals surface area contributed by atoms with Crippen LogP contribution in [0.1, 0.15) is 54.4 Å². The normalized spacial score (nSPS) is 12.0. The molecule has 0 aliphatic carbocycles. The summed E-state index contributed by atoms with van der Waals surface area (Å²) in [4.78, 5) is 48.1. The molecule has 0 N–H and O–H groups in total. The topological polar surface area (TPSA) is 90.0 Å². The van der Waals surface area contributed by atoms with Crippen LogP contribution in [-0.2, 0) is 28.7 Å².